The third kappa shape index (κ3) is 3.36. The van der Waals surface area contributed by atoms with Crippen LogP contribution in [-0.4, -0.2) is 10.0 Å². The molecule has 1 rings (SSSR count). The van der Waals surface area contributed by atoms with E-state index in [1.54, 1.807) is 0 Å². The third-order valence-corrected chi connectivity index (χ3v) is 2.21. The van der Waals surface area contributed by atoms with Crippen molar-refractivity contribution in [2.45, 2.75) is 25.8 Å². The summed E-state index contributed by atoms with van der Waals surface area (Å²) in [6, 6.07) is 3.53. The van der Waals surface area contributed by atoms with Gasteiger partial charge in [-0.25, -0.2) is 0 Å². The van der Waals surface area contributed by atoms with Crippen LogP contribution < -0.4 is 5.73 Å². The molecule has 0 heterocycles. The predicted molar refractivity (Wildman–Crippen MR) is 63.8 cm³/mol. The highest BCUT2D eigenvalue weighted by Gasteiger charge is 2.19. The van der Waals surface area contributed by atoms with Gasteiger partial charge >= 0.3 is 0 Å². The second-order valence-electron chi connectivity index (χ2n) is 3.40. The van der Waals surface area contributed by atoms with Gasteiger partial charge in [0.05, 0.1) is 10.5 Å². The first-order valence-corrected chi connectivity index (χ1v) is 4.79. The fraction of sp³-hybridized carbons (Fsp3) is 0.400. The largest absolute Gasteiger partial charge is 0.508 e. The number of nitrogens with two attached hydrogens (primary N) is 1. The molecular weight excluding hydrogens is 232 g/mol. The van der Waals surface area contributed by atoms with Gasteiger partial charge in [0, 0.05) is 12.1 Å². The van der Waals surface area contributed by atoms with Crippen LogP contribution in [0.3, 0.4) is 0 Å². The van der Waals surface area contributed by atoms with Crippen LogP contribution in [0.2, 0.25) is 0 Å². The van der Waals surface area contributed by atoms with Crippen molar-refractivity contribution in [3.63, 3.8) is 0 Å². The Bertz CT molecular complexity index is 371. The minimum Gasteiger partial charge on any atom is -0.508 e. The fourth-order valence-corrected chi connectivity index (χ4v) is 1.47. The number of hydrogen-bond donors (Lipinski definition) is 2. The standard InChI is InChI=1S/C10H14N2O3.ClH/c1-2-3-9(11)8-6-7(13)4-5-10(8)12(14)15;/h4-6,9,13H,2-3,11H2,1H3;1H/t9-;/m1./s1. The number of phenols is 1. The molecule has 0 bridgehead atoms. The molecule has 3 N–H and O–H groups in total. The molecule has 1 atom stereocenters. The normalized spacial score (nSPS) is 11.6. The number of nitro benzene ring substituents is 1. The number of halogens is 1. The van der Waals surface area contributed by atoms with Crippen LogP contribution in [0.25, 0.3) is 0 Å². The molecular formula is C10H15ClN2O3. The molecule has 6 heteroatoms. The Labute approximate surface area is 99.8 Å². The second-order valence-corrected chi connectivity index (χ2v) is 3.40. The first-order chi connectivity index (χ1) is 7.06. The molecule has 0 saturated carbocycles. The zero-order valence-electron chi connectivity index (χ0n) is 8.92. The van der Waals surface area contributed by atoms with E-state index in [4.69, 9.17) is 5.73 Å². The van der Waals surface area contributed by atoms with Crippen LogP contribution in [0.1, 0.15) is 31.4 Å². The second kappa shape index (κ2) is 6.30. The van der Waals surface area contributed by atoms with Gasteiger partial charge in [0.25, 0.3) is 5.69 Å². The summed E-state index contributed by atoms with van der Waals surface area (Å²) in [5.41, 5.74) is 6.15. The van der Waals surface area contributed by atoms with E-state index in [2.05, 4.69) is 0 Å². The molecule has 0 saturated heterocycles. The van der Waals surface area contributed by atoms with Gasteiger partial charge in [-0.1, -0.05) is 13.3 Å². The highest BCUT2D eigenvalue weighted by Crippen LogP contribution is 2.29. The van der Waals surface area contributed by atoms with E-state index < -0.39 is 11.0 Å². The Morgan fingerprint density at radius 2 is 2.19 bits per heavy atom. The minimum absolute atomic E-state index is 0. The molecule has 0 aliphatic rings. The molecule has 0 aromatic heterocycles. The quantitative estimate of drug-likeness (QED) is 0.631. The van der Waals surface area contributed by atoms with Crippen LogP contribution in [0, 0.1) is 10.1 Å². The van der Waals surface area contributed by atoms with Gasteiger partial charge < -0.3 is 10.8 Å². The lowest BCUT2D eigenvalue weighted by Crippen LogP contribution is -2.11. The molecule has 1 aromatic carbocycles. The van der Waals surface area contributed by atoms with E-state index in [-0.39, 0.29) is 23.8 Å². The van der Waals surface area contributed by atoms with Gasteiger partial charge in [0.1, 0.15) is 5.75 Å². The summed E-state index contributed by atoms with van der Waals surface area (Å²) < 4.78 is 0. The van der Waals surface area contributed by atoms with E-state index in [1.165, 1.54) is 18.2 Å². The summed E-state index contributed by atoms with van der Waals surface area (Å²) in [5.74, 6) is 0.00199. The van der Waals surface area contributed by atoms with Gasteiger partial charge in [-0.05, 0) is 18.6 Å². The van der Waals surface area contributed by atoms with Crippen molar-refractivity contribution in [1.29, 1.82) is 0 Å². The predicted octanol–water partition coefficient (Wildman–Crippen LogP) is 2.52. The Morgan fingerprint density at radius 1 is 1.56 bits per heavy atom. The van der Waals surface area contributed by atoms with Crippen molar-refractivity contribution < 1.29 is 10.0 Å². The van der Waals surface area contributed by atoms with Crippen molar-refractivity contribution in [2.75, 3.05) is 0 Å². The smallest absolute Gasteiger partial charge is 0.274 e. The zero-order chi connectivity index (χ0) is 11.4. The molecule has 0 aliphatic carbocycles. The lowest BCUT2D eigenvalue weighted by Gasteiger charge is -2.11. The lowest BCUT2D eigenvalue weighted by molar-refractivity contribution is -0.385. The number of rotatable bonds is 4. The maximum Gasteiger partial charge on any atom is 0.274 e. The molecule has 16 heavy (non-hydrogen) atoms. The molecule has 5 nitrogen and oxygen atoms in total. The van der Waals surface area contributed by atoms with E-state index in [0.29, 0.717) is 12.0 Å². The van der Waals surface area contributed by atoms with Gasteiger partial charge in [0.2, 0.25) is 0 Å². The fourth-order valence-electron chi connectivity index (χ4n) is 1.47. The third-order valence-electron chi connectivity index (χ3n) is 2.21. The van der Waals surface area contributed by atoms with Gasteiger partial charge in [-0.2, -0.15) is 0 Å². The Hall–Kier alpha value is -1.33. The molecule has 1 aromatic rings. The van der Waals surface area contributed by atoms with Crippen LogP contribution in [0.5, 0.6) is 5.75 Å². The van der Waals surface area contributed by atoms with E-state index in [9.17, 15) is 15.2 Å². The summed E-state index contributed by atoms with van der Waals surface area (Å²) in [7, 11) is 0. The highest BCUT2D eigenvalue weighted by atomic mass is 35.5. The Morgan fingerprint density at radius 3 is 2.69 bits per heavy atom. The first kappa shape index (κ1) is 14.7. The molecule has 0 aliphatic heterocycles. The number of phenolic OH excluding ortho intramolecular Hbond substituents is 1. The highest BCUT2D eigenvalue weighted by molar-refractivity contribution is 5.85. The Kier molecular flexibility index (Phi) is 5.77. The van der Waals surface area contributed by atoms with Gasteiger partial charge in [-0.3, -0.25) is 10.1 Å². The first-order valence-electron chi connectivity index (χ1n) is 4.79. The van der Waals surface area contributed by atoms with Crippen molar-refractivity contribution in [1.82, 2.24) is 0 Å². The van der Waals surface area contributed by atoms with Crippen molar-refractivity contribution in [2.24, 2.45) is 5.73 Å². The molecule has 0 radical (unpaired) electrons. The van der Waals surface area contributed by atoms with Crippen molar-refractivity contribution >= 4 is 18.1 Å². The summed E-state index contributed by atoms with van der Waals surface area (Å²) in [4.78, 5) is 10.2. The maximum atomic E-state index is 10.7. The van der Waals surface area contributed by atoms with Crippen LogP contribution in [-0.2, 0) is 0 Å². The number of benzene rings is 1. The monoisotopic (exact) mass is 246 g/mol. The van der Waals surface area contributed by atoms with Crippen LogP contribution in [0.4, 0.5) is 5.69 Å². The number of nitro groups is 1. The molecule has 0 spiro atoms. The Balaban J connectivity index is 0.00000225. The number of nitrogens with zero attached hydrogens (tertiary/aromatic N) is 1. The van der Waals surface area contributed by atoms with Gasteiger partial charge in [-0.15, -0.1) is 12.4 Å². The summed E-state index contributed by atoms with van der Waals surface area (Å²) in [6.45, 7) is 1.95. The van der Waals surface area contributed by atoms with Crippen molar-refractivity contribution in [3.8, 4) is 5.75 Å². The topological polar surface area (TPSA) is 89.4 Å². The summed E-state index contributed by atoms with van der Waals surface area (Å²) in [5, 5.41) is 20.0. The van der Waals surface area contributed by atoms with Crippen LogP contribution >= 0.6 is 12.4 Å². The molecule has 0 unspecified atom stereocenters. The van der Waals surface area contributed by atoms with E-state index in [0.717, 1.165) is 6.42 Å². The number of aromatic hydroxyl groups is 1. The minimum atomic E-state index is -0.482. The average molecular weight is 247 g/mol. The van der Waals surface area contributed by atoms with E-state index in [1.807, 2.05) is 6.92 Å². The number of hydrogen-bond acceptors (Lipinski definition) is 4. The molecule has 90 valence electrons. The maximum absolute atomic E-state index is 10.7. The summed E-state index contributed by atoms with van der Waals surface area (Å²) in [6.07, 6.45) is 1.50. The zero-order valence-corrected chi connectivity index (χ0v) is 9.74. The van der Waals surface area contributed by atoms with Crippen LogP contribution in [0.15, 0.2) is 18.2 Å². The molecule has 0 fully saturated rings. The van der Waals surface area contributed by atoms with E-state index >= 15 is 0 Å². The van der Waals surface area contributed by atoms with Gasteiger partial charge in [0.15, 0.2) is 0 Å². The molecule has 0 amide bonds. The summed E-state index contributed by atoms with van der Waals surface area (Å²) >= 11 is 0. The SMILES string of the molecule is CCC[C@@H](N)c1cc(O)ccc1[N+](=O)[O-].Cl. The average Bonchev–Trinajstić information content (AvgIpc) is 2.17. The lowest BCUT2D eigenvalue weighted by atomic mass is 10.0. The van der Waals surface area contributed by atoms with Crippen molar-refractivity contribution in [3.05, 3.63) is 33.9 Å².